The molecule has 1 heteroatoms. The normalized spacial score (nSPS) is 28.7. The summed E-state index contributed by atoms with van der Waals surface area (Å²) in [5.74, 6) is 1.42. The summed E-state index contributed by atoms with van der Waals surface area (Å²) in [4.78, 5) is 0. The lowest BCUT2D eigenvalue weighted by atomic mass is 9.72. The Morgan fingerprint density at radius 2 is 2.23 bits per heavy atom. The van der Waals surface area contributed by atoms with E-state index in [1.807, 2.05) is 0 Å². The molecule has 0 saturated heterocycles. The van der Waals surface area contributed by atoms with Gasteiger partial charge in [0.05, 0.1) is 0 Å². The largest absolute Gasteiger partial charge is 0.384 e. The molecular weight excluding hydrogens is 160 g/mol. The number of methoxy groups -OCH3 is 1. The Morgan fingerprint density at radius 3 is 2.62 bits per heavy atom. The molecule has 76 valence electrons. The molecule has 13 heavy (non-hydrogen) atoms. The average molecular weight is 182 g/mol. The summed E-state index contributed by atoms with van der Waals surface area (Å²) in [6.07, 6.45) is 3.61. The van der Waals surface area contributed by atoms with Gasteiger partial charge in [0.15, 0.2) is 0 Å². The summed E-state index contributed by atoms with van der Waals surface area (Å²) in [6, 6.07) is 0. The summed E-state index contributed by atoms with van der Waals surface area (Å²) in [6.45, 7) is 10.1. The molecule has 0 aromatic heterocycles. The fourth-order valence-electron chi connectivity index (χ4n) is 2.48. The highest BCUT2D eigenvalue weighted by Crippen LogP contribution is 2.46. The first-order valence-corrected chi connectivity index (χ1v) is 5.16. The Bertz CT molecular complexity index is 203. The molecule has 0 saturated carbocycles. The van der Waals surface area contributed by atoms with Gasteiger partial charge in [-0.1, -0.05) is 32.4 Å². The minimum Gasteiger partial charge on any atom is -0.384 e. The van der Waals surface area contributed by atoms with Crippen LogP contribution >= 0.6 is 0 Å². The maximum absolute atomic E-state index is 5.22. The second kappa shape index (κ2) is 3.83. The van der Waals surface area contributed by atoms with Crippen molar-refractivity contribution >= 4 is 0 Å². The van der Waals surface area contributed by atoms with E-state index >= 15 is 0 Å². The molecule has 0 radical (unpaired) electrons. The van der Waals surface area contributed by atoms with Crippen molar-refractivity contribution < 1.29 is 4.74 Å². The van der Waals surface area contributed by atoms with Crippen LogP contribution in [-0.2, 0) is 4.74 Å². The lowest BCUT2D eigenvalue weighted by molar-refractivity contribution is 0.0963. The molecule has 1 nitrogen and oxygen atoms in total. The van der Waals surface area contributed by atoms with Crippen LogP contribution in [0.15, 0.2) is 11.6 Å². The highest BCUT2D eigenvalue weighted by molar-refractivity contribution is 5.18. The van der Waals surface area contributed by atoms with Crippen molar-refractivity contribution in [1.29, 1.82) is 0 Å². The quantitative estimate of drug-likeness (QED) is 0.609. The van der Waals surface area contributed by atoms with Crippen LogP contribution in [0.1, 0.15) is 34.1 Å². The lowest BCUT2D eigenvalue weighted by Gasteiger charge is -2.33. The van der Waals surface area contributed by atoms with Crippen molar-refractivity contribution in [2.75, 3.05) is 13.7 Å². The van der Waals surface area contributed by atoms with E-state index in [1.165, 1.54) is 6.42 Å². The predicted octanol–water partition coefficient (Wildman–Crippen LogP) is 3.26. The van der Waals surface area contributed by atoms with Crippen LogP contribution in [-0.4, -0.2) is 13.7 Å². The zero-order valence-electron chi connectivity index (χ0n) is 9.55. The van der Waals surface area contributed by atoms with Crippen LogP contribution in [0.3, 0.4) is 0 Å². The van der Waals surface area contributed by atoms with Gasteiger partial charge in [-0.05, 0) is 30.6 Å². The zero-order chi connectivity index (χ0) is 10.1. The van der Waals surface area contributed by atoms with Gasteiger partial charge in [-0.25, -0.2) is 0 Å². The molecule has 1 aliphatic rings. The molecule has 2 atom stereocenters. The van der Waals surface area contributed by atoms with Crippen molar-refractivity contribution in [1.82, 2.24) is 0 Å². The van der Waals surface area contributed by atoms with Crippen molar-refractivity contribution in [2.45, 2.75) is 34.1 Å². The predicted molar refractivity (Wildman–Crippen MR) is 56.7 cm³/mol. The fraction of sp³-hybridized carbons (Fsp3) is 0.833. The SMILES string of the molecule is COCC(C)C1CC=C(C)C1(C)C. The van der Waals surface area contributed by atoms with Gasteiger partial charge in [0.25, 0.3) is 0 Å². The summed E-state index contributed by atoms with van der Waals surface area (Å²) in [5, 5.41) is 0. The van der Waals surface area contributed by atoms with Crippen LogP contribution in [0, 0.1) is 17.3 Å². The van der Waals surface area contributed by atoms with E-state index in [-0.39, 0.29) is 0 Å². The molecule has 0 spiro atoms. The molecule has 0 N–H and O–H groups in total. The second-order valence-corrected chi connectivity index (χ2v) is 4.88. The van der Waals surface area contributed by atoms with E-state index in [1.54, 1.807) is 12.7 Å². The number of hydrogen-bond acceptors (Lipinski definition) is 1. The molecule has 1 aliphatic carbocycles. The van der Waals surface area contributed by atoms with Crippen molar-refractivity contribution in [2.24, 2.45) is 17.3 Å². The number of hydrogen-bond donors (Lipinski definition) is 0. The third-order valence-electron chi connectivity index (χ3n) is 3.74. The Morgan fingerprint density at radius 1 is 1.62 bits per heavy atom. The third-order valence-corrected chi connectivity index (χ3v) is 3.74. The van der Waals surface area contributed by atoms with Gasteiger partial charge in [-0.3, -0.25) is 0 Å². The number of allylic oxidation sites excluding steroid dienone is 2. The molecule has 2 unspecified atom stereocenters. The summed E-state index contributed by atoms with van der Waals surface area (Å²) < 4.78 is 5.22. The maximum atomic E-state index is 5.22. The van der Waals surface area contributed by atoms with Crippen molar-refractivity contribution in [3.05, 3.63) is 11.6 Å². The van der Waals surface area contributed by atoms with E-state index in [9.17, 15) is 0 Å². The lowest BCUT2D eigenvalue weighted by Crippen LogP contribution is -2.28. The van der Waals surface area contributed by atoms with Crippen molar-refractivity contribution in [3.63, 3.8) is 0 Å². The monoisotopic (exact) mass is 182 g/mol. The Balaban J connectivity index is 2.64. The number of rotatable bonds is 3. The smallest absolute Gasteiger partial charge is 0.0490 e. The molecule has 0 amide bonds. The van der Waals surface area contributed by atoms with Gasteiger partial charge in [0.2, 0.25) is 0 Å². The van der Waals surface area contributed by atoms with E-state index in [2.05, 4.69) is 33.8 Å². The Kier molecular flexibility index (Phi) is 3.18. The summed E-state index contributed by atoms with van der Waals surface area (Å²) in [7, 11) is 1.79. The van der Waals surface area contributed by atoms with E-state index in [0.29, 0.717) is 11.3 Å². The first-order chi connectivity index (χ1) is 6.00. The topological polar surface area (TPSA) is 9.23 Å². The maximum Gasteiger partial charge on any atom is 0.0490 e. The van der Waals surface area contributed by atoms with Crippen LogP contribution in [0.25, 0.3) is 0 Å². The number of ether oxygens (including phenoxy) is 1. The van der Waals surface area contributed by atoms with Crippen LogP contribution in [0.2, 0.25) is 0 Å². The summed E-state index contributed by atoms with van der Waals surface area (Å²) >= 11 is 0. The van der Waals surface area contributed by atoms with Gasteiger partial charge in [-0.15, -0.1) is 0 Å². The van der Waals surface area contributed by atoms with Gasteiger partial charge in [0, 0.05) is 13.7 Å². The molecule has 1 rings (SSSR count). The van der Waals surface area contributed by atoms with Gasteiger partial charge in [-0.2, -0.15) is 0 Å². The highest BCUT2D eigenvalue weighted by Gasteiger charge is 2.37. The van der Waals surface area contributed by atoms with Crippen LogP contribution in [0.4, 0.5) is 0 Å². The van der Waals surface area contributed by atoms with Crippen LogP contribution in [0.5, 0.6) is 0 Å². The van der Waals surface area contributed by atoms with E-state index in [4.69, 9.17) is 4.74 Å². The molecule has 0 aromatic rings. The van der Waals surface area contributed by atoms with Crippen molar-refractivity contribution in [3.8, 4) is 0 Å². The molecule has 0 aromatic carbocycles. The molecule has 0 fully saturated rings. The minimum absolute atomic E-state index is 0.373. The van der Waals surface area contributed by atoms with E-state index < -0.39 is 0 Å². The van der Waals surface area contributed by atoms with Gasteiger partial charge >= 0.3 is 0 Å². The Labute approximate surface area is 82.2 Å². The molecule has 0 aliphatic heterocycles. The average Bonchev–Trinajstić information content (AvgIpc) is 2.28. The molecule has 0 heterocycles. The standard InChI is InChI=1S/C12H22O/c1-9(8-13-5)11-7-6-10(2)12(11,3)4/h6,9,11H,7-8H2,1-5H3. The van der Waals surface area contributed by atoms with Crippen LogP contribution < -0.4 is 0 Å². The van der Waals surface area contributed by atoms with Gasteiger partial charge in [0.1, 0.15) is 0 Å². The first kappa shape index (κ1) is 10.8. The molecular formula is C12H22O. The minimum atomic E-state index is 0.373. The Hall–Kier alpha value is -0.300. The van der Waals surface area contributed by atoms with E-state index in [0.717, 1.165) is 12.5 Å². The third kappa shape index (κ3) is 1.96. The highest BCUT2D eigenvalue weighted by atomic mass is 16.5. The zero-order valence-corrected chi connectivity index (χ0v) is 9.55. The fourth-order valence-corrected chi connectivity index (χ4v) is 2.48. The first-order valence-electron chi connectivity index (χ1n) is 5.16. The summed E-state index contributed by atoms with van der Waals surface area (Å²) in [5.41, 5.74) is 1.92. The second-order valence-electron chi connectivity index (χ2n) is 4.88. The van der Waals surface area contributed by atoms with Gasteiger partial charge < -0.3 is 4.74 Å². The molecule has 0 bridgehead atoms.